The SMILES string of the molecule is CCO[C@H]1CCN(C(=O)CC#N)C1. The Hall–Kier alpha value is -1.08. The second kappa shape index (κ2) is 4.83. The third-order valence-corrected chi connectivity index (χ3v) is 2.13. The van der Waals surface area contributed by atoms with Gasteiger partial charge in [0.2, 0.25) is 5.91 Å². The molecule has 0 aromatic heterocycles. The Morgan fingerprint density at radius 1 is 1.77 bits per heavy atom. The summed E-state index contributed by atoms with van der Waals surface area (Å²) in [5, 5.41) is 8.34. The Morgan fingerprint density at radius 3 is 3.15 bits per heavy atom. The predicted octanol–water partition coefficient (Wildman–Crippen LogP) is 0.537. The molecule has 0 aromatic carbocycles. The van der Waals surface area contributed by atoms with Crippen molar-refractivity contribution in [3.8, 4) is 6.07 Å². The van der Waals surface area contributed by atoms with E-state index in [9.17, 15) is 4.79 Å². The summed E-state index contributed by atoms with van der Waals surface area (Å²) in [6.07, 6.45) is 1.05. The van der Waals surface area contributed by atoms with Gasteiger partial charge < -0.3 is 9.64 Å². The van der Waals surface area contributed by atoms with Gasteiger partial charge in [-0.05, 0) is 13.3 Å². The van der Waals surface area contributed by atoms with Gasteiger partial charge in [-0.25, -0.2) is 0 Å². The highest BCUT2D eigenvalue weighted by Crippen LogP contribution is 2.13. The van der Waals surface area contributed by atoms with Crippen LogP contribution >= 0.6 is 0 Å². The molecule has 1 aliphatic heterocycles. The molecular weight excluding hydrogens is 168 g/mol. The smallest absolute Gasteiger partial charge is 0.236 e. The van der Waals surface area contributed by atoms with E-state index in [1.165, 1.54) is 0 Å². The second-order valence-electron chi connectivity index (χ2n) is 3.04. The van der Waals surface area contributed by atoms with Crippen LogP contribution in [0.5, 0.6) is 0 Å². The van der Waals surface area contributed by atoms with Crippen LogP contribution in [-0.2, 0) is 9.53 Å². The lowest BCUT2D eigenvalue weighted by atomic mass is 10.3. The van der Waals surface area contributed by atoms with Gasteiger partial charge in [-0.3, -0.25) is 4.79 Å². The molecule has 4 nitrogen and oxygen atoms in total. The number of carbonyl (C=O) groups is 1. The summed E-state index contributed by atoms with van der Waals surface area (Å²) >= 11 is 0. The summed E-state index contributed by atoms with van der Waals surface area (Å²) in [6.45, 7) is 4.00. The van der Waals surface area contributed by atoms with Gasteiger partial charge in [0.05, 0.1) is 12.2 Å². The minimum absolute atomic E-state index is 0.0150. The van der Waals surface area contributed by atoms with E-state index < -0.39 is 0 Å². The number of amides is 1. The van der Waals surface area contributed by atoms with Crippen LogP contribution in [-0.4, -0.2) is 36.6 Å². The lowest BCUT2D eigenvalue weighted by molar-refractivity contribution is -0.129. The molecule has 1 atom stereocenters. The number of carbonyl (C=O) groups excluding carboxylic acids is 1. The number of likely N-dealkylation sites (tertiary alicyclic amines) is 1. The first kappa shape index (κ1) is 10.0. The molecule has 1 heterocycles. The topological polar surface area (TPSA) is 53.3 Å². The van der Waals surface area contributed by atoms with Gasteiger partial charge in [0.15, 0.2) is 0 Å². The minimum atomic E-state index is -0.0790. The highest BCUT2D eigenvalue weighted by molar-refractivity contribution is 5.78. The Kier molecular flexibility index (Phi) is 3.71. The van der Waals surface area contributed by atoms with E-state index in [1.807, 2.05) is 13.0 Å². The minimum Gasteiger partial charge on any atom is -0.377 e. The summed E-state index contributed by atoms with van der Waals surface area (Å²) in [4.78, 5) is 12.9. The fraction of sp³-hybridized carbons (Fsp3) is 0.778. The quantitative estimate of drug-likeness (QED) is 0.640. The third kappa shape index (κ3) is 2.71. The molecule has 1 amide bonds. The normalized spacial score (nSPS) is 21.5. The molecule has 1 fully saturated rings. The zero-order valence-corrected chi connectivity index (χ0v) is 7.82. The van der Waals surface area contributed by atoms with Crippen molar-refractivity contribution in [1.82, 2.24) is 4.90 Å². The van der Waals surface area contributed by atoms with Crippen molar-refractivity contribution in [2.75, 3.05) is 19.7 Å². The molecule has 0 aromatic rings. The molecule has 1 rings (SSSR count). The van der Waals surface area contributed by atoms with E-state index >= 15 is 0 Å². The van der Waals surface area contributed by atoms with Gasteiger partial charge >= 0.3 is 0 Å². The summed E-state index contributed by atoms with van der Waals surface area (Å²) in [5.74, 6) is -0.0790. The van der Waals surface area contributed by atoms with Crippen LogP contribution < -0.4 is 0 Å². The number of ether oxygens (including phenoxy) is 1. The molecule has 0 radical (unpaired) electrons. The molecule has 1 saturated heterocycles. The zero-order valence-electron chi connectivity index (χ0n) is 7.82. The number of hydrogen-bond acceptors (Lipinski definition) is 3. The van der Waals surface area contributed by atoms with E-state index in [2.05, 4.69) is 0 Å². The van der Waals surface area contributed by atoms with Gasteiger partial charge in [-0.1, -0.05) is 0 Å². The van der Waals surface area contributed by atoms with Crippen LogP contribution in [0.4, 0.5) is 0 Å². The first-order valence-electron chi connectivity index (χ1n) is 4.54. The van der Waals surface area contributed by atoms with Crippen molar-refractivity contribution >= 4 is 5.91 Å². The number of nitrogens with zero attached hydrogens (tertiary/aromatic N) is 2. The van der Waals surface area contributed by atoms with Crippen LogP contribution in [0.3, 0.4) is 0 Å². The van der Waals surface area contributed by atoms with Crippen LogP contribution in [0.15, 0.2) is 0 Å². The van der Waals surface area contributed by atoms with Crippen molar-refractivity contribution in [1.29, 1.82) is 5.26 Å². The third-order valence-electron chi connectivity index (χ3n) is 2.13. The summed E-state index contributed by atoms with van der Waals surface area (Å²) in [5.41, 5.74) is 0. The highest BCUT2D eigenvalue weighted by atomic mass is 16.5. The number of rotatable bonds is 3. The Bertz CT molecular complexity index is 222. The maximum Gasteiger partial charge on any atom is 0.236 e. The molecule has 0 spiro atoms. The average Bonchev–Trinajstić information content (AvgIpc) is 2.54. The summed E-state index contributed by atoms with van der Waals surface area (Å²) in [6, 6.07) is 1.86. The van der Waals surface area contributed by atoms with Gasteiger partial charge in [0.1, 0.15) is 6.42 Å². The number of nitriles is 1. The van der Waals surface area contributed by atoms with Crippen molar-refractivity contribution in [2.24, 2.45) is 0 Å². The maximum absolute atomic E-state index is 11.2. The summed E-state index contributed by atoms with van der Waals surface area (Å²) < 4.78 is 5.38. The van der Waals surface area contributed by atoms with E-state index in [0.29, 0.717) is 13.2 Å². The van der Waals surface area contributed by atoms with Gasteiger partial charge in [0.25, 0.3) is 0 Å². The van der Waals surface area contributed by atoms with Crippen LogP contribution in [0.2, 0.25) is 0 Å². The van der Waals surface area contributed by atoms with Gasteiger partial charge in [-0.15, -0.1) is 0 Å². The largest absolute Gasteiger partial charge is 0.377 e. The van der Waals surface area contributed by atoms with Crippen molar-refractivity contribution in [3.63, 3.8) is 0 Å². The molecule has 0 aliphatic carbocycles. The van der Waals surface area contributed by atoms with Gasteiger partial charge in [-0.2, -0.15) is 5.26 Å². The fourth-order valence-electron chi connectivity index (χ4n) is 1.51. The molecule has 0 N–H and O–H groups in total. The Morgan fingerprint density at radius 2 is 2.54 bits per heavy atom. The van der Waals surface area contributed by atoms with Crippen molar-refractivity contribution < 1.29 is 9.53 Å². The highest BCUT2D eigenvalue weighted by Gasteiger charge is 2.25. The Labute approximate surface area is 78.1 Å². The van der Waals surface area contributed by atoms with E-state index in [4.69, 9.17) is 10.00 Å². The molecule has 1 aliphatic rings. The molecule has 4 heteroatoms. The van der Waals surface area contributed by atoms with Crippen LogP contribution in [0.1, 0.15) is 19.8 Å². The molecule has 0 unspecified atom stereocenters. The standard InChI is InChI=1S/C9H14N2O2/c1-2-13-8-4-6-11(7-8)9(12)3-5-10/h8H,2-4,6-7H2,1H3/t8-/m0/s1. The Balaban J connectivity index is 2.32. The molecule has 72 valence electrons. The lowest BCUT2D eigenvalue weighted by Gasteiger charge is -2.14. The predicted molar refractivity (Wildman–Crippen MR) is 46.8 cm³/mol. The first-order chi connectivity index (χ1) is 6.27. The molecular formula is C9H14N2O2. The number of hydrogen-bond donors (Lipinski definition) is 0. The van der Waals surface area contributed by atoms with Gasteiger partial charge in [0, 0.05) is 19.7 Å². The monoisotopic (exact) mass is 182 g/mol. The van der Waals surface area contributed by atoms with Crippen molar-refractivity contribution in [2.45, 2.75) is 25.9 Å². The maximum atomic E-state index is 11.2. The van der Waals surface area contributed by atoms with E-state index in [0.717, 1.165) is 13.0 Å². The van der Waals surface area contributed by atoms with Crippen LogP contribution in [0, 0.1) is 11.3 Å². The van der Waals surface area contributed by atoms with E-state index in [-0.39, 0.29) is 18.4 Å². The molecule has 0 saturated carbocycles. The zero-order chi connectivity index (χ0) is 9.68. The molecule has 13 heavy (non-hydrogen) atoms. The average molecular weight is 182 g/mol. The fourth-order valence-corrected chi connectivity index (χ4v) is 1.51. The van der Waals surface area contributed by atoms with Crippen molar-refractivity contribution in [3.05, 3.63) is 0 Å². The van der Waals surface area contributed by atoms with E-state index in [1.54, 1.807) is 4.90 Å². The summed E-state index contributed by atoms with van der Waals surface area (Å²) in [7, 11) is 0. The second-order valence-corrected chi connectivity index (χ2v) is 3.04. The lowest BCUT2D eigenvalue weighted by Crippen LogP contribution is -2.29. The van der Waals surface area contributed by atoms with Crippen LogP contribution in [0.25, 0.3) is 0 Å². The first-order valence-corrected chi connectivity index (χ1v) is 4.54. The molecule has 0 bridgehead atoms.